The van der Waals surface area contributed by atoms with E-state index in [-0.39, 0.29) is 0 Å². The summed E-state index contributed by atoms with van der Waals surface area (Å²) in [6.45, 7) is 12.9. The monoisotopic (exact) mass is 407 g/mol. The zero-order chi connectivity index (χ0) is 20.2. The second-order valence-electron chi connectivity index (χ2n) is 8.24. The second-order valence-corrected chi connectivity index (χ2v) is 8.24. The van der Waals surface area contributed by atoms with Crippen molar-refractivity contribution in [2.45, 2.75) is 6.42 Å². The van der Waals surface area contributed by atoms with Gasteiger partial charge in [0.15, 0.2) is 11.5 Å². The molecule has 0 aromatic heterocycles. The minimum atomic E-state index is 0.651. The first-order chi connectivity index (χ1) is 14.3. The lowest BCUT2D eigenvalue weighted by Gasteiger charge is -2.34. The van der Waals surface area contributed by atoms with E-state index < -0.39 is 0 Å². The molecule has 0 aliphatic carbocycles. The van der Waals surface area contributed by atoms with E-state index in [0.717, 1.165) is 101 Å². The molecule has 3 rings (SSSR count). The molecule has 7 nitrogen and oxygen atoms in total. The van der Waals surface area contributed by atoms with E-state index in [9.17, 15) is 0 Å². The van der Waals surface area contributed by atoms with Crippen molar-refractivity contribution in [3.05, 3.63) is 24.3 Å². The normalized spacial score (nSPS) is 28.8. The van der Waals surface area contributed by atoms with Gasteiger partial charge in [0, 0.05) is 32.7 Å². The lowest BCUT2D eigenvalue weighted by Crippen LogP contribution is -2.52. The molecule has 29 heavy (non-hydrogen) atoms. The molecule has 2 bridgehead atoms. The number of para-hydroxylation sites is 2. The molecule has 2 aliphatic heterocycles. The molecular weight excluding hydrogens is 368 g/mol. The molecule has 164 valence electrons. The largest absolute Gasteiger partial charge is 0.488 e. The van der Waals surface area contributed by atoms with Crippen molar-refractivity contribution in [3.63, 3.8) is 0 Å². The van der Waals surface area contributed by atoms with Crippen LogP contribution in [-0.4, -0.2) is 108 Å². The van der Waals surface area contributed by atoms with Crippen LogP contribution in [0.4, 0.5) is 0 Å². The number of quaternary nitrogens is 1. The van der Waals surface area contributed by atoms with Gasteiger partial charge in [0.1, 0.15) is 26.3 Å². The number of rotatable bonds is 0. The van der Waals surface area contributed by atoms with Crippen LogP contribution < -0.4 is 20.1 Å². The van der Waals surface area contributed by atoms with Crippen LogP contribution in [0.15, 0.2) is 24.3 Å². The van der Waals surface area contributed by atoms with Gasteiger partial charge in [-0.3, -0.25) is 4.90 Å². The Morgan fingerprint density at radius 3 is 2.28 bits per heavy atom. The van der Waals surface area contributed by atoms with Gasteiger partial charge in [0.25, 0.3) is 0 Å². The summed E-state index contributed by atoms with van der Waals surface area (Å²) < 4.78 is 19.2. The highest BCUT2D eigenvalue weighted by molar-refractivity contribution is 5.39. The second kappa shape index (κ2) is 12.3. The Labute approximate surface area is 175 Å². The van der Waals surface area contributed by atoms with Crippen LogP contribution in [0.1, 0.15) is 6.42 Å². The molecule has 1 saturated heterocycles. The van der Waals surface area contributed by atoms with Gasteiger partial charge in [-0.15, -0.1) is 0 Å². The SMILES string of the molecule is C[N+]12CCNCCCNCCN(CCOCC1)CCOc1ccccc1OCC2. The number of nitrogens with one attached hydrogen (secondary N) is 2. The van der Waals surface area contributed by atoms with Crippen molar-refractivity contribution in [1.82, 2.24) is 15.5 Å². The highest BCUT2D eigenvalue weighted by atomic mass is 16.5. The molecule has 2 unspecified atom stereocenters. The Balaban J connectivity index is 1.73. The van der Waals surface area contributed by atoms with Crippen molar-refractivity contribution in [2.75, 3.05) is 98.9 Å². The van der Waals surface area contributed by atoms with Gasteiger partial charge in [-0.25, -0.2) is 0 Å². The number of benzene rings is 1. The van der Waals surface area contributed by atoms with Gasteiger partial charge in [-0.2, -0.15) is 0 Å². The minimum absolute atomic E-state index is 0.651. The average Bonchev–Trinajstić information content (AvgIpc) is 2.72. The van der Waals surface area contributed by atoms with Crippen molar-refractivity contribution < 1.29 is 18.7 Å². The number of nitrogens with zero attached hydrogens (tertiary/aromatic N) is 2. The van der Waals surface area contributed by atoms with Crippen LogP contribution in [0, 0.1) is 0 Å². The lowest BCUT2D eigenvalue weighted by molar-refractivity contribution is -0.908. The van der Waals surface area contributed by atoms with Crippen LogP contribution in [0.5, 0.6) is 11.5 Å². The summed E-state index contributed by atoms with van der Waals surface area (Å²) in [5.74, 6) is 1.68. The smallest absolute Gasteiger partial charge is 0.161 e. The van der Waals surface area contributed by atoms with Gasteiger partial charge in [-0.1, -0.05) is 12.1 Å². The predicted octanol–water partition coefficient (Wildman–Crippen LogP) is 0.806. The van der Waals surface area contributed by atoms with Crippen molar-refractivity contribution in [1.29, 1.82) is 0 Å². The van der Waals surface area contributed by atoms with E-state index >= 15 is 0 Å². The number of likely N-dealkylation sites (N-methyl/N-ethyl adjacent to an activating group) is 1. The third-order valence-corrected chi connectivity index (χ3v) is 5.87. The highest BCUT2D eigenvalue weighted by Crippen LogP contribution is 2.26. The van der Waals surface area contributed by atoms with Gasteiger partial charge in [0.05, 0.1) is 26.8 Å². The Bertz CT molecular complexity index is 589. The van der Waals surface area contributed by atoms with E-state index in [4.69, 9.17) is 14.2 Å². The lowest BCUT2D eigenvalue weighted by atomic mass is 10.3. The predicted molar refractivity (Wildman–Crippen MR) is 116 cm³/mol. The molecule has 1 aromatic carbocycles. The van der Waals surface area contributed by atoms with E-state index in [1.165, 1.54) is 0 Å². The van der Waals surface area contributed by atoms with Gasteiger partial charge >= 0.3 is 0 Å². The third kappa shape index (κ3) is 8.10. The Morgan fingerprint density at radius 1 is 0.759 bits per heavy atom. The molecule has 0 radical (unpaired) electrons. The summed E-state index contributed by atoms with van der Waals surface area (Å²) in [5, 5.41) is 7.17. The van der Waals surface area contributed by atoms with Crippen LogP contribution in [0.25, 0.3) is 0 Å². The fourth-order valence-electron chi connectivity index (χ4n) is 3.78. The molecule has 2 heterocycles. The quantitative estimate of drug-likeness (QED) is 0.490. The zero-order valence-electron chi connectivity index (χ0n) is 18.0. The maximum Gasteiger partial charge on any atom is 0.161 e. The molecule has 1 fully saturated rings. The minimum Gasteiger partial charge on any atom is -0.488 e. The molecule has 7 heteroatoms. The van der Waals surface area contributed by atoms with E-state index in [1.54, 1.807) is 0 Å². The van der Waals surface area contributed by atoms with Gasteiger partial charge < -0.3 is 29.3 Å². The standard InChI is InChI=1S/C22H39N4O3/c1-26-14-10-24-8-4-7-23-9-11-25(12-17-27-19-15-26)13-18-28-21-5-2-3-6-22(21)29-20-16-26/h2-3,5-6,23-24H,4,7-20H2,1H3/q+1. The number of hydrogen-bond acceptors (Lipinski definition) is 6. The van der Waals surface area contributed by atoms with Crippen molar-refractivity contribution >= 4 is 0 Å². The van der Waals surface area contributed by atoms with Crippen LogP contribution in [-0.2, 0) is 4.74 Å². The van der Waals surface area contributed by atoms with Gasteiger partial charge in [-0.05, 0) is 31.6 Å². The first-order valence-corrected chi connectivity index (χ1v) is 11.1. The molecule has 2 atom stereocenters. The molecule has 0 saturated carbocycles. The number of hydrogen-bond donors (Lipinski definition) is 2. The first-order valence-electron chi connectivity index (χ1n) is 11.1. The zero-order valence-corrected chi connectivity index (χ0v) is 18.0. The summed E-state index contributed by atoms with van der Waals surface area (Å²) in [5.41, 5.74) is 0. The molecule has 0 spiro atoms. The average molecular weight is 408 g/mol. The van der Waals surface area contributed by atoms with Crippen molar-refractivity contribution in [3.8, 4) is 11.5 Å². The maximum atomic E-state index is 6.15. The first kappa shape index (κ1) is 22.3. The third-order valence-electron chi connectivity index (χ3n) is 5.87. The Hall–Kier alpha value is -1.38. The van der Waals surface area contributed by atoms with E-state index in [0.29, 0.717) is 13.2 Å². The Kier molecular flexibility index (Phi) is 9.50. The fraction of sp³-hybridized carbons (Fsp3) is 0.727. The summed E-state index contributed by atoms with van der Waals surface area (Å²) in [6, 6.07) is 8.03. The van der Waals surface area contributed by atoms with Crippen LogP contribution in [0.3, 0.4) is 0 Å². The summed E-state index contributed by atoms with van der Waals surface area (Å²) in [7, 11) is 2.31. The number of fused-ring (bicyclic) bond motifs is 7. The maximum absolute atomic E-state index is 6.15. The molecule has 0 amide bonds. The van der Waals surface area contributed by atoms with Crippen molar-refractivity contribution in [2.24, 2.45) is 0 Å². The highest BCUT2D eigenvalue weighted by Gasteiger charge is 2.22. The Morgan fingerprint density at radius 2 is 1.45 bits per heavy atom. The fourth-order valence-corrected chi connectivity index (χ4v) is 3.78. The number of ether oxygens (including phenoxy) is 3. The van der Waals surface area contributed by atoms with Crippen LogP contribution in [0.2, 0.25) is 0 Å². The van der Waals surface area contributed by atoms with Gasteiger partial charge in [0.2, 0.25) is 0 Å². The van der Waals surface area contributed by atoms with Crippen LogP contribution >= 0.6 is 0 Å². The van der Waals surface area contributed by atoms with E-state index in [1.807, 2.05) is 24.3 Å². The molecule has 1 aromatic rings. The summed E-state index contributed by atoms with van der Waals surface area (Å²) >= 11 is 0. The molecular formula is C22H39N4O3+. The topological polar surface area (TPSA) is 55.0 Å². The summed E-state index contributed by atoms with van der Waals surface area (Å²) in [6.07, 6.45) is 1.16. The summed E-state index contributed by atoms with van der Waals surface area (Å²) in [4.78, 5) is 2.42. The molecule has 2 N–H and O–H groups in total. The van der Waals surface area contributed by atoms with E-state index in [2.05, 4.69) is 22.6 Å². The molecule has 2 aliphatic rings.